The fourth-order valence-corrected chi connectivity index (χ4v) is 3.47. The summed E-state index contributed by atoms with van der Waals surface area (Å²) in [6.45, 7) is 8.33. The Morgan fingerprint density at radius 2 is 2.04 bits per heavy atom. The number of hydrogen-bond acceptors (Lipinski definition) is 4. The summed E-state index contributed by atoms with van der Waals surface area (Å²) in [7, 11) is 0. The van der Waals surface area contributed by atoms with E-state index in [1.54, 1.807) is 11.3 Å². The first-order valence-electron chi connectivity index (χ1n) is 8.65. The predicted octanol–water partition coefficient (Wildman–Crippen LogP) is 3.35. The van der Waals surface area contributed by atoms with Crippen molar-refractivity contribution in [3.63, 3.8) is 0 Å². The molecule has 0 bridgehead atoms. The first kappa shape index (κ1) is 20.1. The fourth-order valence-electron chi connectivity index (χ4n) is 2.57. The lowest BCUT2D eigenvalue weighted by molar-refractivity contribution is -0.141. The number of amides is 1. The Bertz CT molecular complexity index is 777. The number of carboxylic acid groups (broad SMARTS) is 1. The van der Waals surface area contributed by atoms with Gasteiger partial charge in [-0.2, -0.15) is 0 Å². The third-order valence-electron chi connectivity index (χ3n) is 3.99. The number of hydrogen-bond donors (Lipinski definition) is 2. The molecule has 1 aromatic heterocycles. The SMILES string of the molecule is Cc1cccc(CC(CNC(=O)Cc2csc(C(C)(C)C)n2)C(=O)O)c1. The molecule has 6 heteroatoms. The molecule has 5 nitrogen and oxygen atoms in total. The Morgan fingerprint density at radius 1 is 1.31 bits per heavy atom. The number of carbonyl (C=O) groups is 2. The van der Waals surface area contributed by atoms with Crippen LogP contribution in [0.1, 0.15) is 42.6 Å². The number of nitrogens with one attached hydrogen (secondary N) is 1. The lowest BCUT2D eigenvalue weighted by Gasteiger charge is -2.14. The molecular formula is C20H26N2O3S. The molecule has 2 N–H and O–H groups in total. The monoisotopic (exact) mass is 374 g/mol. The molecule has 0 aliphatic rings. The second kappa shape index (κ2) is 8.45. The van der Waals surface area contributed by atoms with Gasteiger partial charge in [0.15, 0.2) is 0 Å². The Labute approximate surface area is 158 Å². The smallest absolute Gasteiger partial charge is 0.308 e. The number of nitrogens with zero attached hydrogens (tertiary/aromatic N) is 1. The Hall–Kier alpha value is -2.21. The van der Waals surface area contributed by atoms with Crippen molar-refractivity contribution < 1.29 is 14.7 Å². The van der Waals surface area contributed by atoms with Gasteiger partial charge in [-0.05, 0) is 18.9 Å². The van der Waals surface area contributed by atoms with Crippen LogP contribution in [0.3, 0.4) is 0 Å². The molecule has 1 aromatic carbocycles. The zero-order chi connectivity index (χ0) is 19.3. The van der Waals surface area contributed by atoms with Crippen LogP contribution in [0.25, 0.3) is 0 Å². The van der Waals surface area contributed by atoms with E-state index in [0.717, 1.165) is 21.8 Å². The molecule has 0 spiro atoms. The van der Waals surface area contributed by atoms with E-state index >= 15 is 0 Å². The molecule has 0 saturated carbocycles. The summed E-state index contributed by atoms with van der Waals surface area (Å²) < 4.78 is 0. The lowest BCUT2D eigenvalue weighted by atomic mass is 9.98. The van der Waals surface area contributed by atoms with Crippen molar-refractivity contribution in [2.24, 2.45) is 5.92 Å². The topological polar surface area (TPSA) is 79.3 Å². The van der Waals surface area contributed by atoms with Crippen LogP contribution in [0.5, 0.6) is 0 Å². The largest absolute Gasteiger partial charge is 0.481 e. The van der Waals surface area contributed by atoms with Gasteiger partial charge in [0.2, 0.25) is 5.91 Å². The summed E-state index contributed by atoms with van der Waals surface area (Å²) in [6, 6.07) is 7.77. The highest BCUT2D eigenvalue weighted by Gasteiger charge is 2.21. The van der Waals surface area contributed by atoms with E-state index in [-0.39, 0.29) is 24.3 Å². The van der Waals surface area contributed by atoms with E-state index in [1.165, 1.54) is 0 Å². The van der Waals surface area contributed by atoms with Crippen LogP contribution in [0.2, 0.25) is 0 Å². The molecule has 0 fully saturated rings. The van der Waals surface area contributed by atoms with E-state index in [0.29, 0.717) is 6.42 Å². The number of aliphatic carboxylic acids is 1. The van der Waals surface area contributed by atoms with Gasteiger partial charge < -0.3 is 10.4 Å². The number of carboxylic acids is 1. The summed E-state index contributed by atoms with van der Waals surface area (Å²) in [6.07, 6.45) is 0.561. The number of rotatable bonds is 7. The average molecular weight is 375 g/mol. The van der Waals surface area contributed by atoms with Crippen LogP contribution in [0.4, 0.5) is 0 Å². The highest BCUT2D eigenvalue weighted by molar-refractivity contribution is 7.09. The molecule has 2 aromatic rings. The zero-order valence-corrected chi connectivity index (χ0v) is 16.5. The van der Waals surface area contributed by atoms with Gasteiger partial charge in [0.1, 0.15) is 0 Å². The van der Waals surface area contributed by atoms with Gasteiger partial charge in [-0.3, -0.25) is 9.59 Å². The van der Waals surface area contributed by atoms with E-state index in [4.69, 9.17) is 0 Å². The van der Waals surface area contributed by atoms with Crippen molar-refractivity contribution in [1.29, 1.82) is 0 Å². The molecule has 1 amide bonds. The number of benzene rings is 1. The number of carbonyl (C=O) groups excluding carboxylic acids is 1. The maximum atomic E-state index is 12.2. The van der Waals surface area contributed by atoms with E-state index in [9.17, 15) is 14.7 Å². The first-order chi connectivity index (χ1) is 12.1. The second-order valence-electron chi connectivity index (χ2n) is 7.60. The van der Waals surface area contributed by atoms with Gasteiger partial charge in [-0.1, -0.05) is 50.6 Å². The Morgan fingerprint density at radius 3 is 2.62 bits per heavy atom. The molecule has 140 valence electrons. The molecule has 1 heterocycles. The molecule has 0 radical (unpaired) electrons. The van der Waals surface area contributed by atoms with E-state index in [2.05, 4.69) is 31.1 Å². The average Bonchev–Trinajstić information content (AvgIpc) is 3.00. The van der Waals surface area contributed by atoms with E-state index in [1.807, 2.05) is 36.6 Å². The molecule has 0 saturated heterocycles. The summed E-state index contributed by atoms with van der Waals surface area (Å²) in [5, 5.41) is 15.1. The summed E-state index contributed by atoms with van der Waals surface area (Å²) in [5.41, 5.74) is 2.74. The fraction of sp³-hybridized carbons (Fsp3) is 0.450. The maximum Gasteiger partial charge on any atom is 0.308 e. The molecule has 0 aliphatic carbocycles. The van der Waals surface area contributed by atoms with Crippen LogP contribution in [0, 0.1) is 12.8 Å². The van der Waals surface area contributed by atoms with Crippen LogP contribution >= 0.6 is 11.3 Å². The predicted molar refractivity (Wildman–Crippen MR) is 104 cm³/mol. The molecule has 0 aliphatic heterocycles. The maximum absolute atomic E-state index is 12.2. The van der Waals surface area contributed by atoms with Crippen molar-refractivity contribution in [1.82, 2.24) is 10.3 Å². The zero-order valence-electron chi connectivity index (χ0n) is 15.7. The van der Waals surface area contributed by atoms with Gasteiger partial charge in [-0.15, -0.1) is 11.3 Å². The molecular weight excluding hydrogens is 348 g/mol. The summed E-state index contributed by atoms with van der Waals surface area (Å²) in [5.74, 6) is -1.76. The Balaban J connectivity index is 1.91. The van der Waals surface area contributed by atoms with Gasteiger partial charge in [0.25, 0.3) is 0 Å². The van der Waals surface area contributed by atoms with Crippen LogP contribution in [0.15, 0.2) is 29.6 Å². The minimum Gasteiger partial charge on any atom is -0.481 e. The van der Waals surface area contributed by atoms with Gasteiger partial charge in [0, 0.05) is 17.3 Å². The number of aryl methyl sites for hydroxylation is 1. The standard InChI is InChI=1S/C20H26N2O3S/c1-13-6-5-7-14(8-13)9-15(18(24)25)11-21-17(23)10-16-12-26-19(22-16)20(2,3)4/h5-8,12,15H,9-11H2,1-4H3,(H,21,23)(H,24,25). The van der Waals surface area contributed by atoms with Crippen molar-refractivity contribution in [2.75, 3.05) is 6.54 Å². The van der Waals surface area contributed by atoms with Crippen molar-refractivity contribution in [3.8, 4) is 0 Å². The number of thiazole rings is 1. The van der Waals surface area contributed by atoms with Crippen LogP contribution < -0.4 is 5.32 Å². The normalized spacial score (nSPS) is 12.6. The van der Waals surface area contributed by atoms with Crippen molar-refractivity contribution in [2.45, 2.75) is 46.0 Å². The quantitative estimate of drug-likeness (QED) is 0.779. The van der Waals surface area contributed by atoms with Crippen molar-refractivity contribution >= 4 is 23.2 Å². The van der Waals surface area contributed by atoms with Crippen LogP contribution in [-0.4, -0.2) is 28.5 Å². The molecule has 1 atom stereocenters. The Kier molecular flexibility index (Phi) is 6.53. The lowest BCUT2D eigenvalue weighted by Crippen LogP contribution is -2.35. The molecule has 26 heavy (non-hydrogen) atoms. The molecule has 2 rings (SSSR count). The highest BCUT2D eigenvalue weighted by Crippen LogP contribution is 2.25. The summed E-state index contributed by atoms with van der Waals surface area (Å²) in [4.78, 5) is 28.2. The summed E-state index contributed by atoms with van der Waals surface area (Å²) >= 11 is 1.55. The highest BCUT2D eigenvalue weighted by atomic mass is 32.1. The number of aromatic nitrogens is 1. The van der Waals surface area contributed by atoms with Crippen LogP contribution in [-0.2, 0) is 27.8 Å². The molecule has 1 unspecified atom stereocenters. The van der Waals surface area contributed by atoms with Gasteiger partial charge in [0.05, 0.1) is 23.0 Å². The minimum absolute atomic E-state index is 0.0401. The van der Waals surface area contributed by atoms with Crippen molar-refractivity contribution in [3.05, 3.63) is 51.5 Å². The second-order valence-corrected chi connectivity index (χ2v) is 8.46. The third-order valence-corrected chi connectivity index (χ3v) is 5.31. The van der Waals surface area contributed by atoms with Gasteiger partial charge >= 0.3 is 5.97 Å². The third kappa shape index (κ3) is 5.95. The van der Waals surface area contributed by atoms with Gasteiger partial charge in [-0.25, -0.2) is 4.98 Å². The minimum atomic E-state index is -0.907. The first-order valence-corrected chi connectivity index (χ1v) is 9.53. The van der Waals surface area contributed by atoms with E-state index < -0.39 is 11.9 Å².